The minimum absolute atomic E-state index is 0.249. The van der Waals surface area contributed by atoms with Gasteiger partial charge in [0.05, 0.1) is 20.4 Å². The highest BCUT2D eigenvalue weighted by Gasteiger charge is 2.22. The highest BCUT2D eigenvalue weighted by molar-refractivity contribution is 5.48. The number of hydrogen-bond donors (Lipinski definition) is 1. The van der Waals surface area contributed by atoms with E-state index in [-0.39, 0.29) is 6.04 Å². The molecule has 0 spiro atoms. The SMILES string of the molecule is COc1ccccc1-n1cc(CNC2COc3c(cccc3OC)C2)cn1. The van der Waals surface area contributed by atoms with E-state index in [1.54, 1.807) is 14.2 Å². The van der Waals surface area contributed by atoms with Crippen LogP contribution in [0.25, 0.3) is 5.69 Å². The van der Waals surface area contributed by atoms with Gasteiger partial charge in [-0.25, -0.2) is 4.68 Å². The number of rotatable bonds is 6. The van der Waals surface area contributed by atoms with Gasteiger partial charge in [0.15, 0.2) is 11.5 Å². The van der Waals surface area contributed by atoms with Gasteiger partial charge in [0.25, 0.3) is 0 Å². The Hall–Kier alpha value is -2.99. The van der Waals surface area contributed by atoms with Gasteiger partial charge in [0.2, 0.25) is 0 Å². The van der Waals surface area contributed by atoms with E-state index in [4.69, 9.17) is 14.2 Å². The summed E-state index contributed by atoms with van der Waals surface area (Å²) in [5, 5.41) is 8.03. The summed E-state index contributed by atoms with van der Waals surface area (Å²) in [4.78, 5) is 0. The number of benzene rings is 2. The van der Waals surface area contributed by atoms with E-state index in [0.717, 1.165) is 41.5 Å². The molecular formula is C21H23N3O3. The Morgan fingerprint density at radius 2 is 1.93 bits per heavy atom. The zero-order chi connectivity index (χ0) is 18.6. The maximum absolute atomic E-state index is 5.93. The molecule has 1 aliphatic heterocycles. The lowest BCUT2D eigenvalue weighted by molar-refractivity contribution is 0.226. The average molecular weight is 365 g/mol. The van der Waals surface area contributed by atoms with Crippen molar-refractivity contribution in [3.8, 4) is 22.9 Å². The van der Waals surface area contributed by atoms with E-state index in [9.17, 15) is 0 Å². The van der Waals surface area contributed by atoms with Crippen LogP contribution < -0.4 is 19.5 Å². The third-order valence-electron chi connectivity index (χ3n) is 4.74. The highest BCUT2D eigenvalue weighted by atomic mass is 16.5. The van der Waals surface area contributed by atoms with Crippen molar-refractivity contribution in [2.75, 3.05) is 20.8 Å². The second-order valence-corrected chi connectivity index (χ2v) is 6.51. The molecule has 0 bridgehead atoms. The summed E-state index contributed by atoms with van der Waals surface area (Å²) in [6.07, 6.45) is 4.80. The molecule has 0 fully saturated rings. The van der Waals surface area contributed by atoms with Gasteiger partial charge in [0, 0.05) is 24.3 Å². The fraction of sp³-hybridized carbons (Fsp3) is 0.286. The standard InChI is InChI=1S/C21H23N3O3/c1-25-19-8-4-3-7-18(19)24-13-15(12-23-24)11-22-17-10-16-6-5-9-20(26-2)21(16)27-14-17/h3-9,12-13,17,22H,10-11,14H2,1-2H3. The summed E-state index contributed by atoms with van der Waals surface area (Å²) in [5.41, 5.74) is 3.20. The number of hydrogen-bond acceptors (Lipinski definition) is 5. The first-order valence-electron chi connectivity index (χ1n) is 8.97. The van der Waals surface area contributed by atoms with Crippen molar-refractivity contribution in [3.63, 3.8) is 0 Å². The molecule has 0 radical (unpaired) electrons. The van der Waals surface area contributed by atoms with Crippen LogP contribution in [0.1, 0.15) is 11.1 Å². The highest BCUT2D eigenvalue weighted by Crippen LogP contribution is 2.34. The van der Waals surface area contributed by atoms with Gasteiger partial charge in [-0.3, -0.25) is 0 Å². The van der Waals surface area contributed by atoms with Gasteiger partial charge in [-0.1, -0.05) is 24.3 Å². The Bertz CT molecular complexity index is 923. The first-order valence-corrected chi connectivity index (χ1v) is 8.97. The van der Waals surface area contributed by atoms with E-state index < -0.39 is 0 Å². The number of nitrogens with one attached hydrogen (secondary N) is 1. The lowest BCUT2D eigenvalue weighted by atomic mass is 10.0. The summed E-state index contributed by atoms with van der Waals surface area (Å²) < 4.78 is 18.6. The molecule has 3 aromatic rings. The fourth-order valence-corrected chi connectivity index (χ4v) is 3.35. The molecule has 2 heterocycles. The average Bonchev–Trinajstić information content (AvgIpc) is 3.20. The molecule has 1 aromatic heterocycles. The maximum atomic E-state index is 5.93. The lowest BCUT2D eigenvalue weighted by Gasteiger charge is -2.27. The van der Waals surface area contributed by atoms with Gasteiger partial charge in [-0.15, -0.1) is 0 Å². The molecule has 0 amide bonds. The topological polar surface area (TPSA) is 57.5 Å². The normalized spacial score (nSPS) is 15.7. The van der Waals surface area contributed by atoms with E-state index in [1.165, 1.54) is 5.56 Å². The molecule has 1 aliphatic rings. The molecule has 0 aliphatic carbocycles. The van der Waals surface area contributed by atoms with Gasteiger partial charge >= 0.3 is 0 Å². The zero-order valence-electron chi connectivity index (χ0n) is 15.5. The second-order valence-electron chi connectivity index (χ2n) is 6.51. The van der Waals surface area contributed by atoms with Crippen molar-refractivity contribution in [1.29, 1.82) is 0 Å². The minimum Gasteiger partial charge on any atom is -0.494 e. The van der Waals surface area contributed by atoms with Crippen molar-refractivity contribution in [1.82, 2.24) is 15.1 Å². The number of nitrogens with zero attached hydrogens (tertiary/aromatic N) is 2. The molecule has 1 atom stereocenters. The monoisotopic (exact) mass is 365 g/mol. The number of fused-ring (bicyclic) bond motifs is 1. The third-order valence-corrected chi connectivity index (χ3v) is 4.74. The van der Waals surface area contributed by atoms with Crippen LogP contribution in [-0.4, -0.2) is 36.6 Å². The number of ether oxygens (including phenoxy) is 3. The minimum atomic E-state index is 0.249. The van der Waals surface area contributed by atoms with E-state index in [2.05, 4.69) is 16.5 Å². The van der Waals surface area contributed by atoms with Gasteiger partial charge in [-0.2, -0.15) is 5.10 Å². The van der Waals surface area contributed by atoms with Gasteiger partial charge < -0.3 is 19.5 Å². The smallest absolute Gasteiger partial charge is 0.164 e. The molecule has 6 nitrogen and oxygen atoms in total. The predicted octanol–water partition coefficient (Wildman–Crippen LogP) is 2.98. The van der Waals surface area contributed by atoms with Crippen LogP contribution >= 0.6 is 0 Å². The summed E-state index contributed by atoms with van der Waals surface area (Å²) in [7, 11) is 3.34. The third kappa shape index (κ3) is 3.61. The van der Waals surface area contributed by atoms with Gasteiger partial charge in [-0.05, 0) is 30.2 Å². The molecule has 2 aromatic carbocycles. The van der Waals surface area contributed by atoms with Crippen molar-refractivity contribution in [3.05, 3.63) is 66.0 Å². The van der Waals surface area contributed by atoms with E-state index >= 15 is 0 Å². The lowest BCUT2D eigenvalue weighted by Crippen LogP contribution is -2.38. The number of aromatic nitrogens is 2. The van der Waals surface area contributed by atoms with Crippen LogP contribution in [0, 0.1) is 0 Å². The largest absolute Gasteiger partial charge is 0.494 e. The van der Waals surface area contributed by atoms with Crippen molar-refractivity contribution in [2.24, 2.45) is 0 Å². The molecule has 0 saturated carbocycles. The maximum Gasteiger partial charge on any atom is 0.164 e. The van der Waals surface area contributed by atoms with Crippen LogP contribution in [0.2, 0.25) is 0 Å². The first kappa shape index (κ1) is 17.4. The van der Waals surface area contributed by atoms with E-state index in [1.807, 2.05) is 53.5 Å². The molecular weight excluding hydrogens is 342 g/mol. The van der Waals surface area contributed by atoms with Crippen LogP contribution in [0.5, 0.6) is 17.2 Å². The Morgan fingerprint density at radius 3 is 2.78 bits per heavy atom. The molecule has 27 heavy (non-hydrogen) atoms. The summed E-state index contributed by atoms with van der Waals surface area (Å²) in [5.74, 6) is 2.46. The Labute approximate surface area is 158 Å². The van der Waals surface area contributed by atoms with Gasteiger partial charge in [0.1, 0.15) is 18.0 Å². The second kappa shape index (κ2) is 7.72. The summed E-state index contributed by atoms with van der Waals surface area (Å²) in [6.45, 7) is 1.34. The van der Waals surface area contributed by atoms with Crippen LogP contribution in [0.3, 0.4) is 0 Å². The molecule has 0 saturated heterocycles. The summed E-state index contributed by atoms with van der Waals surface area (Å²) in [6, 6.07) is 14.1. The summed E-state index contributed by atoms with van der Waals surface area (Å²) >= 11 is 0. The molecule has 4 rings (SSSR count). The molecule has 1 N–H and O–H groups in total. The zero-order valence-corrected chi connectivity index (χ0v) is 15.5. The predicted molar refractivity (Wildman–Crippen MR) is 103 cm³/mol. The van der Waals surface area contributed by atoms with Crippen LogP contribution in [0.15, 0.2) is 54.9 Å². The Kier molecular flexibility index (Phi) is 4.98. The van der Waals surface area contributed by atoms with Crippen molar-refractivity contribution >= 4 is 0 Å². The fourth-order valence-electron chi connectivity index (χ4n) is 3.35. The van der Waals surface area contributed by atoms with Crippen LogP contribution in [0.4, 0.5) is 0 Å². The number of para-hydroxylation sites is 3. The van der Waals surface area contributed by atoms with Crippen molar-refractivity contribution in [2.45, 2.75) is 19.0 Å². The van der Waals surface area contributed by atoms with E-state index in [0.29, 0.717) is 6.61 Å². The molecule has 1 unspecified atom stereocenters. The van der Waals surface area contributed by atoms with Crippen molar-refractivity contribution < 1.29 is 14.2 Å². The first-order chi connectivity index (χ1) is 13.3. The quantitative estimate of drug-likeness (QED) is 0.728. The Balaban J connectivity index is 1.41. The molecule has 6 heteroatoms. The number of methoxy groups -OCH3 is 2. The molecule has 140 valence electrons. The van der Waals surface area contributed by atoms with Crippen LogP contribution in [-0.2, 0) is 13.0 Å². The Morgan fingerprint density at radius 1 is 1.11 bits per heavy atom.